The Labute approximate surface area is 160 Å². The van der Waals surface area contributed by atoms with Crippen LogP contribution < -0.4 is 10.1 Å². The van der Waals surface area contributed by atoms with E-state index >= 15 is 0 Å². The van der Waals surface area contributed by atoms with Gasteiger partial charge in [-0.25, -0.2) is 4.79 Å². The first-order valence-corrected chi connectivity index (χ1v) is 9.25. The van der Waals surface area contributed by atoms with E-state index in [0.29, 0.717) is 5.92 Å². The number of nitrogens with zero attached hydrogens (tertiary/aromatic N) is 1. The second-order valence-corrected chi connectivity index (χ2v) is 7.45. The lowest BCUT2D eigenvalue weighted by Crippen LogP contribution is -2.41. The van der Waals surface area contributed by atoms with Gasteiger partial charge in [-0.3, -0.25) is 9.69 Å². The van der Waals surface area contributed by atoms with E-state index in [0.717, 1.165) is 16.9 Å². The van der Waals surface area contributed by atoms with Crippen molar-refractivity contribution < 1.29 is 14.3 Å². The topological polar surface area (TPSA) is 58.6 Å². The number of hydrogen-bond donors (Lipinski definition) is 1. The molecule has 3 rings (SSSR count). The van der Waals surface area contributed by atoms with Gasteiger partial charge in [0.05, 0.1) is 6.54 Å². The van der Waals surface area contributed by atoms with Crippen molar-refractivity contribution >= 4 is 11.9 Å². The molecule has 3 amide bonds. The van der Waals surface area contributed by atoms with Crippen molar-refractivity contribution in [2.45, 2.75) is 39.2 Å². The zero-order chi connectivity index (χ0) is 19.6. The van der Waals surface area contributed by atoms with Crippen LogP contribution in [0.5, 0.6) is 5.75 Å². The van der Waals surface area contributed by atoms with Gasteiger partial charge >= 0.3 is 6.03 Å². The molecule has 0 unspecified atom stereocenters. The van der Waals surface area contributed by atoms with Gasteiger partial charge in [0.15, 0.2) is 0 Å². The molecule has 27 heavy (non-hydrogen) atoms. The van der Waals surface area contributed by atoms with Gasteiger partial charge in [0, 0.05) is 0 Å². The van der Waals surface area contributed by atoms with E-state index in [9.17, 15) is 9.59 Å². The van der Waals surface area contributed by atoms with E-state index in [1.165, 1.54) is 10.5 Å². The van der Waals surface area contributed by atoms with Gasteiger partial charge in [0.1, 0.15) is 17.9 Å². The van der Waals surface area contributed by atoms with Crippen LogP contribution in [0.4, 0.5) is 4.79 Å². The Kier molecular flexibility index (Phi) is 5.22. The minimum atomic E-state index is -1.05. The number of hydrogen-bond acceptors (Lipinski definition) is 3. The van der Waals surface area contributed by atoms with Gasteiger partial charge in [0.2, 0.25) is 0 Å². The highest BCUT2D eigenvalue weighted by Crippen LogP contribution is 2.29. The summed E-state index contributed by atoms with van der Waals surface area (Å²) in [6.07, 6.45) is 0. The Morgan fingerprint density at radius 1 is 1.04 bits per heavy atom. The van der Waals surface area contributed by atoms with Crippen LogP contribution >= 0.6 is 0 Å². The van der Waals surface area contributed by atoms with Crippen molar-refractivity contribution in [1.29, 1.82) is 0 Å². The molecule has 1 saturated heterocycles. The second kappa shape index (κ2) is 7.43. The summed E-state index contributed by atoms with van der Waals surface area (Å²) >= 11 is 0. The van der Waals surface area contributed by atoms with Crippen LogP contribution in [0, 0.1) is 6.92 Å². The third-order valence-electron chi connectivity index (χ3n) is 5.03. The lowest BCUT2D eigenvalue weighted by Gasteiger charge is -2.23. The normalized spacial score (nSPS) is 19.5. The molecule has 1 fully saturated rings. The zero-order valence-electron chi connectivity index (χ0n) is 16.3. The number of urea groups is 1. The van der Waals surface area contributed by atoms with Gasteiger partial charge in [-0.2, -0.15) is 0 Å². The molecule has 0 spiro atoms. The predicted octanol–water partition coefficient (Wildman–Crippen LogP) is 3.96. The molecule has 2 aromatic rings. The lowest BCUT2D eigenvalue weighted by molar-refractivity contribution is -0.131. The van der Waals surface area contributed by atoms with Crippen LogP contribution in [-0.4, -0.2) is 30.0 Å². The molecule has 1 atom stereocenters. The first kappa shape index (κ1) is 19.0. The van der Waals surface area contributed by atoms with Crippen LogP contribution in [0.2, 0.25) is 0 Å². The van der Waals surface area contributed by atoms with Gasteiger partial charge in [0.25, 0.3) is 5.91 Å². The molecule has 142 valence electrons. The molecule has 2 aromatic carbocycles. The Morgan fingerprint density at radius 3 is 2.26 bits per heavy atom. The highest BCUT2D eigenvalue weighted by Gasteiger charge is 2.48. The van der Waals surface area contributed by atoms with Gasteiger partial charge in [-0.05, 0) is 43.0 Å². The van der Waals surface area contributed by atoms with Gasteiger partial charge in [-0.15, -0.1) is 0 Å². The monoisotopic (exact) mass is 366 g/mol. The fraction of sp³-hybridized carbons (Fsp3) is 0.364. The Bertz CT molecular complexity index is 828. The largest absolute Gasteiger partial charge is 0.492 e. The smallest absolute Gasteiger partial charge is 0.325 e. The van der Waals surface area contributed by atoms with Crippen molar-refractivity contribution in [2.75, 3.05) is 13.2 Å². The van der Waals surface area contributed by atoms with E-state index in [1.54, 1.807) is 6.92 Å². The van der Waals surface area contributed by atoms with Crippen LogP contribution in [0.3, 0.4) is 0 Å². The maximum absolute atomic E-state index is 12.9. The Hall–Kier alpha value is -2.82. The molecule has 5 heteroatoms. The number of ether oxygens (including phenoxy) is 1. The molecule has 0 radical (unpaired) electrons. The van der Waals surface area contributed by atoms with E-state index in [1.807, 2.05) is 55.5 Å². The first-order valence-electron chi connectivity index (χ1n) is 9.25. The van der Waals surface area contributed by atoms with Crippen molar-refractivity contribution in [3.63, 3.8) is 0 Å². The maximum atomic E-state index is 12.9. The third-order valence-corrected chi connectivity index (χ3v) is 5.03. The van der Waals surface area contributed by atoms with Gasteiger partial charge in [-0.1, -0.05) is 55.8 Å². The molecule has 0 aromatic heterocycles. The summed E-state index contributed by atoms with van der Waals surface area (Å²) in [5, 5.41) is 2.83. The summed E-state index contributed by atoms with van der Waals surface area (Å²) in [6, 6.07) is 15.1. The average molecular weight is 366 g/mol. The van der Waals surface area contributed by atoms with Crippen LogP contribution in [-0.2, 0) is 10.3 Å². The van der Waals surface area contributed by atoms with Crippen molar-refractivity contribution in [2.24, 2.45) is 0 Å². The molecule has 1 N–H and O–H groups in total. The van der Waals surface area contributed by atoms with E-state index in [-0.39, 0.29) is 25.1 Å². The molecule has 0 bridgehead atoms. The molecule has 0 saturated carbocycles. The number of nitrogens with one attached hydrogen (secondary N) is 1. The van der Waals surface area contributed by atoms with E-state index < -0.39 is 5.54 Å². The van der Waals surface area contributed by atoms with Crippen LogP contribution in [0.15, 0.2) is 48.5 Å². The number of benzene rings is 2. The van der Waals surface area contributed by atoms with Crippen LogP contribution in [0.1, 0.15) is 43.4 Å². The van der Waals surface area contributed by atoms with Crippen molar-refractivity contribution in [3.05, 3.63) is 65.2 Å². The van der Waals surface area contributed by atoms with Gasteiger partial charge < -0.3 is 10.1 Å². The molecule has 5 nitrogen and oxygen atoms in total. The zero-order valence-corrected chi connectivity index (χ0v) is 16.3. The summed E-state index contributed by atoms with van der Waals surface area (Å²) in [5.41, 5.74) is 2.08. The number of rotatable bonds is 6. The molecule has 1 heterocycles. The molecular weight excluding hydrogens is 340 g/mol. The number of amides is 3. The number of carbonyl (C=O) groups excluding carboxylic acids is 2. The highest BCUT2D eigenvalue weighted by molar-refractivity contribution is 6.07. The lowest BCUT2D eigenvalue weighted by atomic mass is 9.90. The molecule has 1 aliphatic rings. The number of carbonyl (C=O) groups is 2. The molecular formula is C22H26N2O3. The Morgan fingerprint density at radius 2 is 1.67 bits per heavy atom. The summed E-state index contributed by atoms with van der Waals surface area (Å²) in [7, 11) is 0. The van der Waals surface area contributed by atoms with Crippen molar-refractivity contribution in [3.8, 4) is 5.75 Å². The van der Waals surface area contributed by atoms with E-state index in [2.05, 4.69) is 19.2 Å². The summed E-state index contributed by atoms with van der Waals surface area (Å²) in [6.45, 7) is 8.46. The van der Waals surface area contributed by atoms with Crippen LogP contribution in [0.25, 0.3) is 0 Å². The third kappa shape index (κ3) is 3.82. The Balaban J connectivity index is 1.67. The number of imide groups is 1. The molecule has 1 aliphatic heterocycles. The SMILES string of the molecule is Cc1ccc(OCCN2C(=O)N[C@](C)(c3ccc(C(C)C)cc3)C2=O)cc1. The number of aryl methyl sites for hydroxylation is 1. The summed E-state index contributed by atoms with van der Waals surface area (Å²) < 4.78 is 5.66. The predicted molar refractivity (Wildman–Crippen MR) is 105 cm³/mol. The molecule has 0 aliphatic carbocycles. The second-order valence-electron chi connectivity index (χ2n) is 7.45. The minimum Gasteiger partial charge on any atom is -0.492 e. The maximum Gasteiger partial charge on any atom is 0.325 e. The fourth-order valence-corrected chi connectivity index (χ4v) is 3.19. The summed E-state index contributed by atoms with van der Waals surface area (Å²) in [4.78, 5) is 26.5. The van der Waals surface area contributed by atoms with Crippen molar-refractivity contribution in [1.82, 2.24) is 10.2 Å². The standard InChI is InChI=1S/C22H26N2O3/c1-15(2)17-7-9-18(10-8-17)22(4)20(25)24(21(26)23-22)13-14-27-19-11-5-16(3)6-12-19/h5-12,15H,13-14H2,1-4H3,(H,23,26)/t22-/m1/s1. The first-order chi connectivity index (χ1) is 12.8. The highest BCUT2D eigenvalue weighted by atomic mass is 16.5. The summed E-state index contributed by atoms with van der Waals surface area (Å²) in [5.74, 6) is 0.883. The van der Waals surface area contributed by atoms with E-state index in [4.69, 9.17) is 4.74 Å². The average Bonchev–Trinajstić information content (AvgIpc) is 2.87. The quantitative estimate of drug-likeness (QED) is 0.787. The fourth-order valence-electron chi connectivity index (χ4n) is 3.19. The minimum absolute atomic E-state index is 0.207.